The highest BCUT2D eigenvalue weighted by atomic mass is 16.5. The van der Waals surface area contributed by atoms with Crippen LogP contribution in [0.3, 0.4) is 0 Å². The van der Waals surface area contributed by atoms with E-state index < -0.39 is 0 Å². The number of hydrogen-bond donors (Lipinski definition) is 0. The summed E-state index contributed by atoms with van der Waals surface area (Å²) in [5.74, 6) is 5.40. The van der Waals surface area contributed by atoms with E-state index in [9.17, 15) is 4.79 Å². The molecule has 2 aromatic carbocycles. The Morgan fingerprint density at radius 3 is 1.77 bits per heavy atom. The molecule has 2 atom stereocenters. The Kier molecular flexibility index (Phi) is 4.35. The predicted octanol–water partition coefficient (Wildman–Crippen LogP) is 7.96. The molecule has 0 aromatic heterocycles. The smallest absolute Gasteiger partial charge is 0.343 e. The maximum absolute atomic E-state index is 12.5. The first-order valence-corrected chi connectivity index (χ1v) is 14.4. The third kappa shape index (κ3) is 3.10. The maximum atomic E-state index is 12.5. The number of hydrogen-bond acceptors (Lipinski definition) is 2. The van der Waals surface area contributed by atoms with Crippen LogP contribution in [0.1, 0.15) is 93.0 Å². The first kappa shape index (κ1) is 21.0. The average molecular weight is 467 g/mol. The Bertz CT molecular complexity index is 1100. The molecule has 0 heterocycles. The van der Waals surface area contributed by atoms with Gasteiger partial charge in [-0.1, -0.05) is 30.3 Å². The van der Waals surface area contributed by atoms with Crippen molar-refractivity contribution in [3.05, 3.63) is 65.7 Å². The summed E-state index contributed by atoms with van der Waals surface area (Å²) in [4.78, 5) is 12.5. The van der Waals surface area contributed by atoms with E-state index in [0.717, 1.165) is 29.6 Å². The molecule has 0 radical (unpaired) electrons. The van der Waals surface area contributed by atoms with Gasteiger partial charge in [0.2, 0.25) is 0 Å². The van der Waals surface area contributed by atoms with Gasteiger partial charge in [-0.3, -0.25) is 0 Å². The molecule has 35 heavy (non-hydrogen) atoms. The van der Waals surface area contributed by atoms with Crippen molar-refractivity contribution in [2.75, 3.05) is 0 Å². The van der Waals surface area contributed by atoms with Gasteiger partial charge >= 0.3 is 5.97 Å². The van der Waals surface area contributed by atoms with Crippen molar-refractivity contribution in [3.8, 4) is 5.75 Å². The van der Waals surface area contributed by atoms with Crippen molar-refractivity contribution >= 4 is 5.97 Å². The van der Waals surface area contributed by atoms with Gasteiger partial charge < -0.3 is 4.74 Å². The lowest BCUT2D eigenvalue weighted by Gasteiger charge is -2.72. The van der Waals surface area contributed by atoms with Crippen LogP contribution in [0.15, 0.2) is 54.6 Å². The van der Waals surface area contributed by atoms with Crippen molar-refractivity contribution in [3.63, 3.8) is 0 Å². The highest BCUT2D eigenvalue weighted by Crippen LogP contribution is 2.77. The van der Waals surface area contributed by atoms with Crippen molar-refractivity contribution in [2.24, 2.45) is 40.4 Å². The second-order valence-electron chi connectivity index (χ2n) is 14.0. The fourth-order valence-corrected chi connectivity index (χ4v) is 11.6. The number of rotatable bonds is 4. The molecule has 2 aromatic rings. The van der Waals surface area contributed by atoms with E-state index in [4.69, 9.17) is 4.74 Å². The van der Waals surface area contributed by atoms with E-state index in [2.05, 4.69) is 24.3 Å². The Balaban J connectivity index is 1.09. The minimum atomic E-state index is -0.270. The summed E-state index contributed by atoms with van der Waals surface area (Å²) >= 11 is 0. The van der Waals surface area contributed by atoms with Crippen LogP contribution in [-0.4, -0.2) is 5.97 Å². The Hall–Kier alpha value is -2.09. The molecule has 0 N–H and O–H groups in total. The van der Waals surface area contributed by atoms with Gasteiger partial charge in [0.15, 0.2) is 0 Å². The monoisotopic (exact) mass is 466 g/mol. The van der Waals surface area contributed by atoms with Crippen LogP contribution >= 0.6 is 0 Å². The molecule has 8 bridgehead atoms. The summed E-state index contributed by atoms with van der Waals surface area (Å²) in [6, 6.07) is 18.1. The van der Waals surface area contributed by atoms with Crippen LogP contribution in [-0.2, 0) is 5.41 Å². The molecule has 0 aliphatic heterocycles. The molecule has 2 unspecified atom stereocenters. The third-order valence-electron chi connectivity index (χ3n) is 11.9. The number of ether oxygens (including phenoxy) is 1. The quantitative estimate of drug-likeness (QED) is 0.337. The number of benzene rings is 2. The van der Waals surface area contributed by atoms with Crippen molar-refractivity contribution in [1.82, 2.24) is 0 Å². The minimum Gasteiger partial charge on any atom is -0.423 e. The lowest BCUT2D eigenvalue weighted by molar-refractivity contribution is -0.205. The van der Waals surface area contributed by atoms with Gasteiger partial charge in [-0.2, -0.15) is 0 Å². The van der Waals surface area contributed by atoms with Crippen molar-refractivity contribution in [1.29, 1.82) is 0 Å². The average Bonchev–Trinajstić information content (AvgIpc) is 2.83. The van der Waals surface area contributed by atoms with Crippen LogP contribution in [0.5, 0.6) is 5.75 Å². The van der Waals surface area contributed by atoms with Gasteiger partial charge in [0.05, 0.1) is 5.56 Å². The zero-order valence-electron chi connectivity index (χ0n) is 20.9. The zero-order valence-corrected chi connectivity index (χ0v) is 20.9. The first-order chi connectivity index (χ1) is 17.0. The highest BCUT2D eigenvalue weighted by molar-refractivity contribution is 5.90. The van der Waals surface area contributed by atoms with Gasteiger partial charge in [-0.25, -0.2) is 4.79 Å². The molecule has 8 aliphatic carbocycles. The number of carbonyl (C=O) groups is 1. The standard InChI is InChI=1S/C33H38O2/c34-30(27-4-2-1-3-5-27)35-29-8-6-28(7-9-29)31-14-25-13-26(15-31)20-33(19-25,21-31)32-16-22-10-23(17-32)12-24(11-22)18-32/h1-9,22-26H,10-21H2. The highest BCUT2D eigenvalue weighted by Gasteiger charge is 2.67. The van der Waals surface area contributed by atoms with Crippen LogP contribution in [0, 0.1) is 40.4 Å². The number of esters is 1. The molecule has 8 aliphatic rings. The van der Waals surface area contributed by atoms with Crippen LogP contribution < -0.4 is 4.74 Å². The van der Waals surface area contributed by atoms with Gasteiger partial charge in [0, 0.05) is 0 Å². The Labute approximate surface area is 209 Å². The molecule has 8 saturated carbocycles. The second kappa shape index (κ2) is 7.24. The van der Waals surface area contributed by atoms with Crippen LogP contribution in [0.2, 0.25) is 0 Å². The molecule has 0 spiro atoms. The molecule has 182 valence electrons. The molecule has 2 heteroatoms. The molecular weight excluding hydrogens is 428 g/mol. The van der Waals surface area contributed by atoms with E-state index in [0.29, 0.717) is 27.6 Å². The fourth-order valence-electron chi connectivity index (χ4n) is 11.6. The van der Waals surface area contributed by atoms with Crippen molar-refractivity contribution < 1.29 is 9.53 Å². The van der Waals surface area contributed by atoms with Gasteiger partial charge in [0.25, 0.3) is 0 Å². The van der Waals surface area contributed by atoms with E-state index >= 15 is 0 Å². The van der Waals surface area contributed by atoms with E-state index in [1.54, 1.807) is 38.5 Å². The molecule has 0 amide bonds. The summed E-state index contributed by atoms with van der Waals surface area (Å²) in [5.41, 5.74) is 3.76. The number of carbonyl (C=O) groups excluding carboxylic acids is 1. The molecule has 0 saturated heterocycles. The van der Waals surface area contributed by atoms with E-state index in [-0.39, 0.29) is 5.97 Å². The second-order valence-corrected chi connectivity index (χ2v) is 14.0. The summed E-state index contributed by atoms with van der Waals surface area (Å²) in [6.07, 6.45) is 18.1. The van der Waals surface area contributed by atoms with Gasteiger partial charge in [0.1, 0.15) is 5.75 Å². The lowest BCUT2D eigenvalue weighted by Crippen LogP contribution is -2.63. The lowest BCUT2D eigenvalue weighted by atomic mass is 9.32. The topological polar surface area (TPSA) is 26.3 Å². The van der Waals surface area contributed by atoms with E-state index in [1.807, 2.05) is 30.3 Å². The zero-order chi connectivity index (χ0) is 23.3. The largest absolute Gasteiger partial charge is 0.423 e. The SMILES string of the molecule is O=C(Oc1ccc(C23CC4CC(C2)CC(C25CC6CC(CC(C6)C2)C5)(C4)C3)cc1)c1ccccc1. The van der Waals surface area contributed by atoms with Gasteiger partial charge in [-0.15, -0.1) is 0 Å². The molecule has 8 fully saturated rings. The molecular formula is C33H38O2. The summed E-state index contributed by atoms with van der Waals surface area (Å²) < 4.78 is 5.72. The summed E-state index contributed by atoms with van der Waals surface area (Å²) in [5, 5.41) is 0. The van der Waals surface area contributed by atoms with E-state index in [1.165, 1.54) is 44.1 Å². The fraction of sp³-hybridized carbons (Fsp3) is 0.606. The minimum absolute atomic E-state index is 0.270. The van der Waals surface area contributed by atoms with Gasteiger partial charge in [-0.05, 0) is 153 Å². The van der Waals surface area contributed by atoms with Crippen LogP contribution in [0.25, 0.3) is 0 Å². The molecule has 2 nitrogen and oxygen atoms in total. The summed E-state index contributed by atoms with van der Waals surface area (Å²) in [6.45, 7) is 0. The summed E-state index contributed by atoms with van der Waals surface area (Å²) in [7, 11) is 0. The third-order valence-corrected chi connectivity index (χ3v) is 11.9. The predicted molar refractivity (Wildman–Crippen MR) is 137 cm³/mol. The Morgan fingerprint density at radius 1 is 0.629 bits per heavy atom. The van der Waals surface area contributed by atoms with Crippen LogP contribution in [0.4, 0.5) is 0 Å². The Morgan fingerprint density at radius 2 is 1.17 bits per heavy atom. The molecule has 10 rings (SSSR count). The first-order valence-electron chi connectivity index (χ1n) is 14.4. The normalized spacial score (nSPS) is 44.5. The van der Waals surface area contributed by atoms with Crippen molar-refractivity contribution in [2.45, 2.75) is 82.5 Å². The maximum Gasteiger partial charge on any atom is 0.343 e.